The zero-order chi connectivity index (χ0) is 14.2. The third kappa shape index (κ3) is 4.20. The van der Waals surface area contributed by atoms with E-state index in [-0.39, 0.29) is 5.71 Å². The predicted molar refractivity (Wildman–Crippen MR) is 78.6 cm³/mol. The maximum absolute atomic E-state index is 11.8. The lowest BCUT2D eigenvalue weighted by Gasteiger charge is -2.05. The van der Waals surface area contributed by atoms with E-state index in [1.54, 1.807) is 35.6 Å². The summed E-state index contributed by atoms with van der Waals surface area (Å²) in [5, 5.41) is 14.0. The lowest BCUT2D eigenvalue weighted by molar-refractivity contribution is -0.127. The number of carbonyl (C=O) groups excluding carboxylic acids is 1. The number of oxime groups is 1. The van der Waals surface area contributed by atoms with Crippen molar-refractivity contribution in [3.63, 3.8) is 0 Å². The molecule has 0 bridgehead atoms. The number of rotatable bonds is 6. The molecule has 2 aromatic rings. The van der Waals surface area contributed by atoms with Crippen LogP contribution in [0.2, 0.25) is 0 Å². The zero-order valence-corrected chi connectivity index (χ0v) is 11.7. The van der Waals surface area contributed by atoms with Gasteiger partial charge in [0.25, 0.3) is 0 Å². The molecule has 1 aromatic heterocycles. The minimum absolute atomic E-state index is 0.0467. The molecule has 0 unspecified atom stereocenters. The Morgan fingerprint density at radius 1 is 1.20 bits per heavy atom. The summed E-state index contributed by atoms with van der Waals surface area (Å²) < 4.78 is 5.13. The van der Waals surface area contributed by atoms with Gasteiger partial charge in [-0.3, -0.25) is 0 Å². The summed E-state index contributed by atoms with van der Waals surface area (Å²) in [6, 6.07) is 12.8. The fourth-order valence-corrected chi connectivity index (χ4v) is 2.48. The Bertz CT molecular complexity index is 564. The van der Waals surface area contributed by atoms with Gasteiger partial charge >= 0.3 is 5.97 Å². The maximum Gasteiger partial charge on any atom is 0.361 e. The van der Waals surface area contributed by atoms with Crippen LogP contribution in [0, 0.1) is 0 Å². The number of ether oxygens (including phenoxy) is 1. The summed E-state index contributed by atoms with van der Waals surface area (Å²) in [4.78, 5) is 13.1. The van der Waals surface area contributed by atoms with Crippen LogP contribution < -0.4 is 4.74 Å². The maximum atomic E-state index is 11.8. The Balaban J connectivity index is 1.83. The van der Waals surface area contributed by atoms with Crippen LogP contribution in [0.25, 0.3) is 0 Å². The zero-order valence-electron chi connectivity index (χ0n) is 10.9. The van der Waals surface area contributed by atoms with Crippen molar-refractivity contribution in [1.29, 1.82) is 0 Å². The number of esters is 1. The standard InChI is InChI=1S/C15H15NO3S/c17-15(19-12-6-2-1-3-7-12)14(16-18)10-4-8-13-9-5-11-20-13/h1-3,5-7,9,11,18H,4,8,10H2. The number of hydrogen-bond donors (Lipinski definition) is 1. The van der Waals surface area contributed by atoms with Gasteiger partial charge in [-0.25, -0.2) is 4.79 Å². The summed E-state index contributed by atoms with van der Waals surface area (Å²) in [7, 11) is 0. The van der Waals surface area contributed by atoms with Crippen molar-refractivity contribution in [3.8, 4) is 5.75 Å². The third-order valence-corrected chi connectivity index (χ3v) is 3.66. The van der Waals surface area contributed by atoms with E-state index in [1.165, 1.54) is 4.88 Å². The molecule has 0 atom stereocenters. The molecule has 0 amide bonds. The van der Waals surface area contributed by atoms with E-state index in [0.717, 1.165) is 12.8 Å². The minimum Gasteiger partial charge on any atom is -0.422 e. The molecule has 104 valence electrons. The van der Waals surface area contributed by atoms with Crippen molar-refractivity contribution in [2.24, 2.45) is 5.16 Å². The molecule has 2 rings (SSSR count). The highest BCUT2D eigenvalue weighted by atomic mass is 32.1. The second-order valence-electron chi connectivity index (χ2n) is 4.18. The van der Waals surface area contributed by atoms with Gasteiger partial charge in [-0.15, -0.1) is 11.3 Å². The van der Waals surface area contributed by atoms with E-state index in [0.29, 0.717) is 12.2 Å². The van der Waals surface area contributed by atoms with E-state index < -0.39 is 5.97 Å². The molecule has 0 radical (unpaired) electrons. The van der Waals surface area contributed by atoms with Crippen molar-refractivity contribution in [3.05, 3.63) is 52.7 Å². The number of thiophene rings is 1. The molecular weight excluding hydrogens is 274 g/mol. The highest BCUT2D eigenvalue weighted by molar-refractivity contribution is 7.09. The Labute approximate surface area is 121 Å². The predicted octanol–water partition coefficient (Wildman–Crippen LogP) is 3.51. The first-order chi connectivity index (χ1) is 9.79. The third-order valence-electron chi connectivity index (χ3n) is 2.73. The summed E-state index contributed by atoms with van der Waals surface area (Å²) in [5.74, 6) is -0.165. The molecule has 0 saturated carbocycles. The second-order valence-corrected chi connectivity index (χ2v) is 5.21. The van der Waals surface area contributed by atoms with Crippen LogP contribution in [-0.2, 0) is 11.2 Å². The number of benzene rings is 1. The lowest BCUT2D eigenvalue weighted by atomic mass is 10.1. The Morgan fingerprint density at radius 2 is 2.00 bits per heavy atom. The minimum atomic E-state index is -0.607. The van der Waals surface area contributed by atoms with Gasteiger partial charge in [-0.2, -0.15) is 0 Å². The van der Waals surface area contributed by atoms with Crippen molar-refractivity contribution in [2.75, 3.05) is 0 Å². The molecule has 4 nitrogen and oxygen atoms in total. The van der Waals surface area contributed by atoms with Crippen LogP contribution in [-0.4, -0.2) is 16.9 Å². The molecule has 1 aromatic carbocycles. The van der Waals surface area contributed by atoms with Crippen LogP contribution in [0.3, 0.4) is 0 Å². The SMILES string of the molecule is O=C(Oc1ccccc1)C(CCCc1cccs1)=NO. The molecule has 0 spiro atoms. The average molecular weight is 289 g/mol. The highest BCUT2D eigenvalue weighted by Crippen LogP contribution is 2.13. The van der Waals surface area contributed by atoms with E-state index in [1.807, 2.05) is 23.6 Å². The monoisotopic (exact) mass is 289 g/mol. The Hall–Kier alpha value is -2.14. The van der Waals surface area contributed by atoms with Gasteiger partial charge in [-0.05, 0) is 36.4 Å². The number of aryl methyl sites for hydroxylation is 1. The van der Waals surface area contributed by atoms with Crippen molar-refractivity contribution in [2.45, 2.75) is 19.3 Å². The highest BCUT2D eigenvalue weighted by Gasteiger charge is 2.14. The van der Waals surface area contributed by atoms with Crippen LogP contribution in [0.5, 0.6) is 5.75 Å². The van der Waals surface area contributed by atoms with Crippen molar-refractivity contribution >= 4 is 23.0 Å². The van der Waals surface area contributed by atoms with Crippen molar-refractivity contribution < 1.29 is 14.7 Å². The van der Waals surface area contributed by atoms with Gasteiger partial charge in [0.1, 0.15) is 5.75 Å². The van der Waals surface area contributed by atoms with Crippen LogP contribution in [0.15, 0.2) is 53.0 Å². The van der Waals surface area contributed by atoms with Crippen LogP contribution in [0.4, 0.5) is 0 Å². The normalized spacial score (nSPS) is 11.3. The molecule has 0 aliphatic rings. The molecule has 0 fully saturated rings. The molecule has 0 aliphatic heterocycles. The first-order valence-electron chi connectivity index (χ1n) is 6.30. The number of nitrogens with zero attached hydrogens (tertiary/aromatic N) is 1. The van der Waals surface area contributed by atoms with Crippen molar-refractivity contribution in [1.82, 2.24) is 0 Å². The van der Waals surface area contributed by atoms with Gasteiger partial charge in [0.15, 0.2) is 5.71 Å². The molecular formula is C15H15NO3S. The van der Waals surface area contributed by atoms with Gasteiger partial charge < -0.3 is 9.94 Å². The summed E-state index contributed by atoms with van der Waals surface area (Å²) >= 11 is 1.67. The van der Waals surface area contributed by atoms with Crippen LogP contribution in [0.1, 0.15) is 17.7 Å². The van der Waals surface area contributed by atoms with Gasteiger partial charge in [0.2, 0.25) is 0 Å². The molecule has 0 aliphatic carbocycles. The molecule has 0 saturated heterocycles. The summed E-state index contributed by atoms with van der Waals surface area (Å²) in [5.41, 5.74) is 0.0467. The topological polar surface area (TPSA) is 58.9 Å². The van der Waals surface area contributed by atoms with E-state index in [4.69, 9.17) is 9.94 Å². The van der Waals surface area contributed by atoms with Gasteiger partial charge in [0.05, 0.1) is 0 Å². The first-order valence-corrected chi connectivity index (χ1v) is 7.18. The smallest absolute Gasteiger partial charge is 0.361 e. The first kappa shape index (κ1) is 14.3. The molecule has 1 N–H and O–H groups in total. The quantitative estimate of drug-likeness (QED) is 0.291. The second kappa shape index (κ2) is 7.45. The number of hydrogen-bond acceptors (Lipinski definition) is 5. The summed E-state index contributed by atoms with van der Waals surface area (Å²) in [6.07, 6.45) is 1.99. The lowest BCUT2D eigenvalue weighted by Crippen LogP contribution is -2.20. The van der Waals surface area contributed by atoms with E-state index in [2.05, 4.69) is 5.16 Å². The number of para-hydroxylation sites is 1. The largest absolute Gasteiger partial charge is 0.422 e. The van der Waals surface area contributed by atoms with Gasteiger partial charge in [-0.1, -0.05) is 29.4 Å². The molecule has 5 heteroatoms. The van der Waals surface area contributed by atoms with Gasteiger partial charge in [0, 0.05) is 11.3 Å². The van der Waals surface area contributed by atoms with Crippen LogP contribution >= 0.6 is 11.3 Å². The van der Waals surface area contributed by atoms with E-state index in [9.17, 15) is 4.79 Å². The Kier molecular flexibility index (Phi) is 5.32. The number of carbonyl (C=O) groups is 1. The fraction of sp³-hybridized carbons (Fsp3) is 0.200. The Morgan fingerprint density at radius 3 is 2.65 bits per heavy atom. The summed E-state index contributed by atoms with van der Waals surface area (Å²) in [6.45, 7) is 0. The average Bonchev–Trinajstić information content (AvgIpc) is 2.98. The fourth-order valence-electron chi connectivity index (χ4n) is 1.73. The van der Waals surface area contributed by atoms with E-state index >= 15 is 0 Å². The molecule has 20 heavy (non-hydrogen) atoms. The molecule has 1 heterocycles.